The van der Waals surface area contributed by atoms with Gasteiger partial charge < -0.3 is 5.11 Å². The Morgan fingerprint density at radius 2 is 1.81 bits per heavy atom. The van der Waals surface area contributed by atoms with Gasteiger partial charge in [-0.15, -0.1) is 11.8 Å². The molecule has 0 saturated heterocycles. The Morgan fingerprint density at radius 1 is 1.11 bits per heavy atom. The van der Waals surface area contributed by atoms with Crippen molar-refractivity contribution in [3.05, 3.63) is 64.2 Å². The summed E-state index contributed by atoms with van der Waals surface area (Å²) >= 11 is 1.97. The van der Waals surface area contributed by atoms with E-state index in [1.807, 2.05) is 30.8 Å². The molecular weight excluding hydrogens is 352 g/mol. The van der Waals surface area contributed by atoms with E-state index in [0.29, 0.717) is 5.56 Å². The predicted molar refractivity (Wildman–Crippen MR) is 116 cm³/mol. The zero-order chi connectivity index (χ0) is 20.0. The smallest absolute Gasteiger partial charge is 0.335 e. The first-order valence-corrected chi connectivity index (χ1v) is 10.2. The van der Waals surface area contributed by atoms with Gasteiger partial charge in [0, 0.05) is 9.64 Å². The van der Waals surface area contributed by atoms with Crippen molar-refractivity contribution < 1.29 is 9.90 Å². The largest absolute Gasteiger partial charge is 0.478 e. The van der Waals surface area contributed by atoms with Gasteiger partial charge in [0.15, 0.2) is 0 Å². The molecule has 1 aliphatic heterocycles. The maximum atomic E-state index is 11.2. The van der Waals surface area contributed by atoms with Crippen LogP contribution in [0.2, 0.25) is 0 Å². The van der Waals surface area contributed by atoms with Crippen LogP contribution in [-0.4, -0.2) is 15.8 Å². The third-order valence-corrected chi connectivity index (χ3v) is 6.55. The zero-order valence-electron chi connectivity index (χ0n) is 17.0. The molecule has 27 heavy (non-hydrogen) atoms. The van der Waals surface area contributed by atoms with Gasteiger partial charge in [-0.3, -0.25) is 0 Å². The lowest BCUT2D eigenvalue weighted by Gasteiger charge is -2.42. The van der Waals surface area contributed by atoms with Crippen LogP contribution < -0.4 is 0 Å². The molecule has 1 aliphatic rings. The first-order chi connectivity index (χ1) is 12.5. The Morgan fingerprint density at radius 3 is 2.44 bits per heavy atom. The number of thioether (sulfide) groups is 1. The Balaban J connectivity index is 1.97. The molecule has 1 N–H and O–H groups in total. The van der Waals surface area contributed by atoms with Gasteiger partial charge in [-0.25, -0.2) is 4.79 Å². The van der Waals surface area contributed by atoms with Crippen molar-refractivity contribution in [1.29, 1.82) is 0 Å². The molecule has 0 saturated carbocycles. The van der Waals surface area contributed by atoms with Gasteiger partial charge in [0.1, 0.15) is 0 Å². The summed E-state index contributed by atoms with van der Waals surface area (Å²) in [5, 5.41) is 9.20. The van der Waals surface area contributed by atoms with Gasteiger partial charge in [-0.2, -0.15) is 0 Å². The molecule has 0 unspecified atom stereocenters. The molecule has 2 aromatic rings. The molecule has 0 fully saturated rings. The van der Waals surface area contributed by atoms with Crippen LogP contribution in [0.5, 0.6) is 0 Å². The SMILES string of the molecule is C/C(=C\c1ccc(C(=O)O)c(C)c1)c1ccc2c(c1)C(C)(C)CC(C)(C)S2. The summed E-state index contributed by atoms with van der Waals surface area (Å²) in [4.78, 5) is 12.6. The molecule has 2 nitrogen and oxygen atoms in total. The van der Waals surface area contributed by atoms with Crippen LogP contribution in [0.25, 0.3) is 11.6 Å². The Kier molecular flexibility index (Phi) is 5.02. The van der Waals surface area contributed by atoms with Gasteiger partial charge in [0.25, 0.3) is 0 Å². The lowest BCUT2D eigenvalue weighted by Crippen LogP contribution is -2.33. The van der Waals surface area contributed by atoms with Crippen molar-refractivity contribution >= 4 is 29.4 Å². The third-order valence-electron chi connectivity index (χ3n) is 5.28. The molecule has 0 amide bonds. The number of carbonyl (C=O) groups is 1. The van der Waals surface area contributed by atoms with Gasteiger partial charge in [-0.1, -0.05) is 52.0 Å². The summed E-state index contributed by atoms with van der Waals surface area (Å²) in [6.45, 7) is 13.3. The molecule has 142 valence electrons. The first kappa shape index (κ1) is 19.8. The van der Waals surface area contributed by atoms with Crippen molar-refractivity contribution in [1.82, 2.24) is 0 Å². The number of hydrogen-bond donors (Lipinski definition) is 1. The fourth-order valence-corrected chi connectivity index (χ4v) is 5.85. The summed E-state index contributed by atoms with van der Waals surface area (Å²) in [6.07, 6.45) is 3.28. The maximum absolute atomic E-state index is 11.2. The molecule has 3 rings (SSSR count). The quantitative estimate of drug-likeness (QED) is 0.595. The summed E-state index contributed by atoms with van der Waals surface area (Å²) in [5.41, 5.74) is 6.17. The molecule has 1 heterocycles. The number of rotatable bonds is 3. The van der Waals surface area contributed by atoms with E-state index in [0.717, 1.165) is 17.5 Å². The standard InChI is InChI=1S/C24H28O2S/c1-15(11-17-7-9-19(22(25)26)16(2)12-17)18-8-10-21-20(13-18)23(3,4)14-24(5,6)27-21/h7-13H,14H2,1-6H3,(H,25,26)/b15-11+. The number of carboxylic acid groups (broad SMARTS) is 1. The van der Waals surface area contributed by atoms with E-state index in [1.54, 1.807) is 6.07 Å². The average molecular weight is 381 g/mol. The molecule has 0 radical (unpaired) electrons. The van der Waals surface area contributed by atoms with Crippen molar-refractivity contribution in [3.8, 4) is 0 Å². The van der Waals surface area contributed by atoms with Crippen LogP contribution in [0.4, 0.5) is 0 Å². The first-order valence-electron chi connectivity index (χ1n) is 9.35. The molecule has 3 heteroatoms. The predicted octanol–water partition coefficient (Wildman–Crippen LogP) is 6.81. The number of allylic oxidation sites excluding steroid dienone is 1. The van der Waals surface area contributed by atoms with Crippen molar-refractivity contribution in [3.63, 3.8) is 0 Å². The second-order valence-corrected chi connectivity index (χ2v) is 10.6. The second-order valence-electron chi connectivity index (χ2n) is 8.84. The highest BCUT2D eigenvalue weighted by Crippen LogP contribution is 2.51. The molecule has 0 aliphatic carbocycles. The van der Waals surface area contributed by atoms with Crippen molar-refractivity contribution in [2.24, 2.45) is 0 Å². The summed E-state index contributed by atoms with van der Waals surface area (Å²) in [6, 6.07) is 12.3. The van der Waals surface area contributed by atoms with E-state index in [2.05, 4.69) is 58.9 Å². The monoisotopic (exact) mass is 380 g/mol. The van der Waals surface area contributed by atoms with Crippen LogP contribution in [-0.2, 0) is 5.41 Å². The third kappa shape index (κ3) is 4.14. The van der Waals surface area contributed by atoms with E-state index in [1.165, 1.54) is 21.6 Å². The number of fused-ring (bicyclic) bond motifs is 1. The van der Waals surface area contributed by atoms with Crippen LogP contribution in [0.15, 0.2) is 41.3 Å². The minimum Gasteiger partial charge on any atom is -0.478 e. The second kappa shape index (κ2) is 6.87. The lowest BCUT2D eigenvalue weighted by molar-refractivity contribution is 0.0696. The average Bonchev–Trinajstić information content (AvgIpc) is 2.52. The molecule has 2 aromatic carbocycles. The van der Waals surface area contributed by atoms with E-state index < -0.39 is 5.97 Å². The molecule has 0 atom stereocenters. The minimum absolute atomic E-state index is 0.153. The summed E-state index contributed by atoms with van der Waals surface area (Å²) < 4.78 is 0.256. The van der Waals surface area contributed by atoms with Crippen LogP contribution >= 0.6 is 11.8 Å². The topological polar surface area (TPSA) is 37.3 Å². The van der Waals surface area contributed by atoms with Crippen molar-refractivity contribution in [2.75, 3.05) is 0 Å². The zero-order valence-corrected chi connectivity index (χ0v) is 17.8. The summed E-state index contributed by atoms with van der Waals surface area (Å²) in [7, 11) is 0. The van der Waals surface area contributed by atoms with E-state index in [-0.39, 0.29) is 10.2 Å². The number of aromatic carboxylic acids is 1. The van der Waals surface area contributed by atoms with Gasteiger partial charge in [0.2, 0.25) is 0 Å². The Labute approximate surface area is 166 Å². The van der Waals surface area contributed by atoms with E-state index >= 15 is 0 Å². The highest BCUT2D eigenvalue weighted by atomic mass is 32.2. The van der Waals surface area contributed by atoms with Crippen LogP contribution in [0.1, 0.15) is 73.7 Å². The minimum atomic E-state index is -0.878. The Hall–Kier alpha value is -2.00. The maximum Gasteiger partial charge on any atom is 0.335 e. The van der Waals surface area contributed by atoms with Crippen molar-refractivity contribution in [2.45, 2.75) is 63.0 Å². The molecule has 0 bridgehead atoms. The molecule has 0 spiro atoms. The number of carboxylic acids is 1. The fraction of sp³-hybridized carbons (Fsp3) is 0.375. The molecular formula is C24H28O2S. The van der Waals surface area contributed by atoms with Gasteiger partial charge in [0.05, 0.1) is 5.56 Å². The lowest BCUT2D eigenvalue weighted by atomic mass is 9.76. The number of benzene rings is 2. The Bertz CT molecular complexity index is 935. The fourth-order valence-electron chi connectivity index (χ4n) is 4.24. The van der Waals surface area contributed by atoms with Crippen LogP contribution in [0, 0.1) is 6.92 Å². The van der Waals surface area contributed by atoms with Crippen LogP contribution in [0.3, 0.4) is 0 Å². The van der Waals surface area contributed by atoms with Gasteiger partial charge >= 0.3 is 5.97 Å². The number of hydrogen-bond acceptors (Lipinski definition) is 2. The highest BCUT2D eigenvalue weighted by molar-refractivity contribution is 8.00. The normalized spacial score (nSPS) is 18.1. The number of aryl methyl sites for hydroxylation is 1. The van der Waals surface area contributed by atoms with E-state index in [4.69, 9.17) is 0 Å². The summed E-state index contributed by atoms with van der Waals surface area (Å²) in [5.74, 6) is -0.878. The highest BCUT2D eigenvalue weighted by Gasteiger charge is 2.38. The molecule has 0 aromatic heterocycles. The van der Waals surface area contributed by atoms with E-state index in [9.17, 15) is 9.90 Å². The van der Waals surface area contributed by atoms with Gasteiger partial charge in [-0.05, 0) is 71.7 Å².